The number of nitrogens with zero attached hydrogens (tertiary/aromatic N) is 4. The summed E-state index contributed by atoms with van der Waals surface area (Å²) in [5, 5.41) is 23.2. The summed E-state index contributed by atoms with van der Waals surface area (Å²) in [4.78, 5) is 15.1. The van der Waals surface area contributed by atoms with Gasteiger partial charge in [0.25, 0.3) is 5.69 Å². The monoisotopic (exact) mass is 521 g/mol. The third kappa shape index (κ3) is 5.44. The molecule has 5 rings (SSSR count). The van der Waals surface area contributed by atoms with Crippen molar-refractivity contribution in [2.24, 2.45) is 15.2 Å². The van der Waals surface area contributed by atoms with Crippen LogP contribution in [-0.4, -0.2) is 44.7 Å². The van der Waals surface area contributed by atoms with Crippen LogP contribution < -0.4 is 14.9 Å². The Morgan fingerprint density at radius 1 is 1.11 bits per heavy atom. The Bertz CT molecular complexity index is 1490. The van der Waals surface area contributed by atoms with Crippen molar-refractivity contribution in [1.29, 1.82) is 0 Å². The summed E-state index contributed by atoms with van der Waals surface area (Å²) >= 11 is 0. The summed E-state index contributed by atoms with van der Waals surface area (Å²) in [6, 6.07) is 19.6. The van der Waals surface area contributed by atoms with E-state index in [1.807, 2.05) is 30.3 Å². The van der Waals surface area contributed by atoms with E-state index in [1.165, 1.54) is 24.3 Å². The molecule has 3 aromatic rings. The lowest BCUT2D eigenvalue weighted by molar-refractivity contribution is -0.384. The smallest absolute Gasteiger partial charge is 0.269 e. The predicted molar refractivity (Wildman–Crippen MR) is 137 cm³/mol. The van der Waals surface area contributed by atoms with E-state index in [0.717, 1.165) is 11.3 Å². The molecule has 12 heteroatoms. The molecule has 0 amide bonds. The summed E-state index contributed by atoms with van der Waals surface area (Å²) in [6.07, 6.45) is 0.475. The zero-order valence-corrected chi connectivity index (χ0v) is 20.4. The Kier molecular flexibility index (Phi) is 6.59. The van der Waals surface area contributed by atoms with Crippen LogP contribution in [0.15, 0.2) is 87.8 Å². The maximum absolute atomic E-state index is 11.7. The molecule has 11 nitrogen and oxygen atoms in total. The first kappa shape index (κ1) is 24.4. The van der Waals surface area contributed by atoms with Crippen molar-refractivity contribution in [2.45, 2.75) is 17.4 Å². The Balaban J connectivity index is 1.43. The number of nitro benzene ring substituents is 1. The van der Waals surface area contributed by atoms with Crippen LogP contribution >= 0.6 is 0 Å². The fourth-order valence-electron chi connectivity index (χ4n) is 4.17. The molecular weight excluding hydrogens is 498 g/mol. The topological polar surface area (TPSA) is 150 Å². The fraction of sp³-hybridized carbons (Fsp3) is 0.200. The van der Waals surface area contributed by atoms with Crippen LogP contribution in [0.2, 0.25) is 0 Å². The normalized spacial score (nSPS) is 17.2. The van der Waals surface area contributed by atoms with Crippen LogP contribution in [-0.2, 0) is 14.8 Å². The van der Waals surface area contributed by atoms with Crippen molar-refractivity contribution >= 4 is 33.0 Å². The molecule has 0 aliphatic carbocycles. The number of hydrogen-bond acceptors (Lipinski definition) is 9. The third-order valence-electron chi connectivity index (χ3n) is 6.00. The standard InChI is InChI=1S/C25H23N5O6S/c26-37(33,34)22-10-6-19(7-11-22)29-24(18-2-1-3-20(14-18)30(31)32)15-23(28-29)17-4-8-21(9-5-17)36-16-25-27-12-13-35-25/h1-11,14,24H,12-13,15-16H2,(H2,26,33,34). The number of nitrogens with two attached hydrogens (primary N) is 1. The van der Waals surface area contributed by atoms with E-state index in [9.17, 15) is 18.5 Å². The predicted octanol–water partition coefficient (Wildman–Crippen LogP) is 3.41. The second kappa shape index (κ2) is 9.99. The van der Waals surface area contributed by atoms with Gasteiger partial charge in [0.15, 0.2) is 6.61 Å². The van der Waals surface area contributed by atoms with Crippen molar-refractivity contribution in [3.8, 4) is 5.75 Å². The molecule has 2 heterocycles. The molecule has 0 saturated carbocycles. The fourth-order valence-corrected chi connectivity index (χ4v) is 4.69. The van der Waals surface area contributed by atoms with Gasteiger partial charge < -0.3 is 9.47 Å². The molecule has 190 valence electrons. The summed E-state index contributed by atoms with van der Waals surface area (Å²) in [5.74, 6) is 1.24. The quantitative estimate of drug-likeness (QED) is 0.352. The summed E-state index contributed by atoms with van der Waals surface area (Å²) in [6.45, 7) is 1.48. The number of non-ortho nitro benzene ring substituents is 1. The first-order chi connectivity index (χ1) is 17.8. The highest BCUT2D eigenvalue weighted by Crippen LogP contribution is 2.38. The summed E-state index contributed by atoms with van der Waals surface area (Å²) in [5.41, 5.74) is 2.94. The Labute approximate surface area is 213 Å². The number of hydrazone groups is 1. The van der Waals surface area contributed by atoms with Crippen LogP contribution in [0.1, 0.15) is 23.6 Å². The van der Waals surface area contributed by atoms with Crippen molar-refractivity contribution in [1.82, 2.24) is 0 Å². The number of hydrogen-bond donors (Lipinski definition) is 1. The molecular formula is C25H23N5O6S. The van der Waals surface area contributed by atoms with Crippen molar-refractivity contribution < 1.29 is 22.8 Å². The van der Waals surface area contributed by atoms with Gasteiger partial charge >= 0.3 is 0 Å². The van der Waals surface area contributed by atoms with Crippen molar-refractivity contribution in [3.05, 3.63) is 94.0 Å². The number of aliphatic imine (C=N–C) groups is 1. The number of anilines is 1. The van der Waals surface area contributed by atoms with Crippen LogP contribution in [0.25, 0.3) is 0 Å². The molecule has 0 fully saturated rings. The van der Waals surface area contributed by atoms with Crippen LogP contribution in [0.5, 0.6) is 5.75 Å². The zero-order chi connectivity index (χ0) is 26.0. The molecule has 1 unspecified atom stereocenters. The highest BCUT2D eigenvalue weighted by Gasteiger charge is 2.31. The van der Waals surface area contributed by atoms with Gasteiger partial charge in [0.1, 0.15) is 12.4 Å². The summed E-state index contributed by atoms with van der Waals surface area (Å²) in [7, 11) is -3.85. The van der Waals surface area contributed by atoms with Crippen molar-refractivity contribution in [2.75, 3.05) is 24.8 Å². The third-order valence-corrected chi connectivity index (χ3v) is 6.93. The van der Waals surface area contributed by atoms with E-state index < -0.39 is 14.9 Å². The first-order valence-corrected chi connectivity index (χ1v) is 13.0. The number of rotatable bonds is 8. The van der Waals surface area contributed by atoms with Gasteiger partial charge in [-0.15, -0.1) is 0 Å². The van der Waals surface area contributed by atoms with Gasteiger partial charge in [-0.05, 0) is 59.7 Å². The minimum atomic E-state index is -3.85. The second-order valence-electron chi connectivity index (χ2n) is 8.44. The average Bonchev–Trinajstić information content (AvgIpc) is 3.58. The second-order valence-corrected chi connectivity index (χ2v) is 10.0. The Hall–Kier alpha value is -4.29. The molecule has 2 aliphatic heterocycles. The molecule has 2 N–H and O–H groups in total. The lowest BCUT2D eigenvalue weighted by Crippen LogP contribution is -2.19. The maximum atomic E-state index is 11.7. The van der Waals surface area contributed by atoms with E-state index >= 15 is 0 Å². The maximum Gasteiger partial charge on any atom is 0.269 e. The van der Waals surface area contributed by atoms with Gasteiger partial charge in [0, 0.05) is 18.6 Å². The lowest BCUT2D eigenvalue weighted by Gasteiger charge is -2.24. The molecule has 0 saturated heterocycles. The molecule has 3 aromatic carbocycles. The Morgan fingerprint density at radius 2 is 1.86 bits per heavy atom. The van der Waals surface area contributed by atoms with Gasteiger partial charge in [-0.3, -0.25) is 15.1 Å². The number of primary sulfonamides is 1. The lowest BCUT2D eigenvalue weighted by atomic mass is 9.97. The zero-order valence-electron chi connectivity index (χ0n) is 19.6. The van der Waals surface area contributed by atoms with E-state index in [0.29, 0.717) is 42.5 Å². The minimum Gasteiger partial charge on any atom is -0.484 e. The van der Waals surface area contributed by atoms with Gasteiger partial charge in [-0.2, -0.15) is 5.10 Å². The van der Waals surface area contributed by atoms with E-state index in [4.69, 9.17) is 19.7 Å². The molecule has 37 heavy (non-hydrogen) atoms. The Morgan fingerprint density at radius 3 is 2.51 bits per heavy atom. The van der Waals surface area contributed by atoms with Crippen LogP contribution in [0.3, 0.4) is 0 Å². The van der Waals surface area contributed by atoms with E-state index in [1.54, 1.807) is 23.2 Å². The van der Waals surface area contributed by atoms with Crippen molar-refractivity contribution in [3.63, 3.8) is 0 Å². The number of benzene rings is 3. The van der Waals surface area contributed by atoms with Gasteiger partial charge in [0.2, 0.25) is 15.9 Å². The van der Waals surface area contributed by atoms with Crippen LogP contribution in [0, 0.1) is 10.1 Å². The van der Waals surface area contributed by atoms with E-state index in [2.05, 4.69) is 4.99 Å². The molecule has 2 aliphatic rings. The summed E-state index contributed by atoms with van der Waals surface area (Å²) < 4.78 is 34.5. The van der Waals surface area contributed by atoms with Gasteiger partial charge in [-0.25, -0.2) is 18.5 Å². The molecule has 1 atom stereocenters. The highest BCUT2D eigenvalue weighted by molar-refractivity contribution is 7.89. The molecule has 0 spiro atoms. The average molecular weight is 522 g/mol. The molecule has 0 bridgehead atoms. The first-order valence-electron chi connectivity index (χ1n) is 11.4. The highest BCUT2D eigenvalue weighted by atomic mass is 32.2. The number of ether oxygens (including phenoxy) is 2. The van der Waals surface area contributed by atoms with E-state index in [-0.39, 0.29) is 23.2 Å². The van der Waals surface area contributed by atoms with Gasteiger partial charge in [-0.1, -0.05) is 12.1 Å². The minimum absolute atomic E-state index is 0.0175. The molecule has 0 radical (unpaired) electrons. The SMILES string of the molecule is NS(=O)(=O)c1ccc(N2N=C(c3ccc(OCC4=NCCO4)cc3)CC2c2cccc([N+](=O)[O-])c2)cc1. The van der Waals surface area contributed by atoms with Crippen LogP contribution in [0.4, 0.5) is 11.4 Å². The van der Waals surface area contributed by atoms with Gasteiger partial charge in [0.05, 0.1) is 33.8 Å². The largest absolute Gasteiger partial charge is 0.484 e. The number of sulfonamides is 1. The number of nitro groups is 1. The molecule has 0 aromatic heterocycles.